The Morgan fingerprint density at radius 3 is 2.61 bits per heavy atom. The molecule has 0 fully saturated rings. The maximum absolute atomic E-state index is 6.10. The molecule has 0 bridgehead atoms. The van der Waals surface area contributed by atoms with Crippen LogP contribution >= 0.6 is 0 Å². The third-order valence-corrected chi connectivity index (χ3v) is 2.83. The van der Waals surface area contributed by atoms with Crippen LogP contribution in [0.15, 0.2) is 41.0 Å². The van der Waals surface area contributed by atoms with Gasteiger partial charge in [-0.25, -0.2) is 0 Å². The molecule has 0 aliphatic carbocycles. The summed E-state index contributed by atoms with van der Waals surface area (Å²) < 4.78 is 15.9. The predicted molar refractivity (Wildman–Crippen MR) is 68.9 cm³/mol. The molecule has 96 valence electrons. The van der Waals surface area contributed by atoms with Gasteiger partial charge in [-0.3, -0.25) is 0 Å². The molecule has 2 aromatic rings. The second-order valence-corrected chi connectivity index (χ2v) is 3.98. The van der Waals surface area contributed by atoms with Gasteiger partial charge in [0.15, 0.2) is 11.5 Å². The lowest BCUT2D eigenvalue weighted by molar-refractivity contribution is 0.350. The van der Waals surface area contributed by atoms with Crippen LogP contribution in [0.1, 0.15) is 17.4 Å². The lowest BCUT2D eigenvalue weighted by Gasteiger charge is -2.15. The van der Waals surface area contributed by atoms with E-state index in [1.54, 1.807) is 20.5 Å². The summed E-state index contributed by atoms with van der Waals surface area (Å²) in [6, 6.07) is 9.27. The molecule has 0 saturated heterocycles. The van der Waals surface area contributed by atoms with E-state index in [1.165, 1.54) is 0 Å². The van der Waals surface area contributed by atoms with E-state index >= 15 is 0 Å². The quantitative estimate of drug-likeness (QED) is 0.882. The van der Waals surface area contributed by atoms with Crippen molar-refractivity contribution in [2.45, 2.75) is 12.5 Å². The Balaban J connectivity index is 2.23. The fourth-order valence-corrected chi connectivity index (χ4v) is 1.95. The highest BCUT2D eigenvalue weighted by molar-refractivity contribution is 5.47. The van der Waals surface area contributed by atoms with Gasteiger partial charge < -0.3 is 19.6 Å². The monoisotopic (exact) mass is 247 g/mol. The minimum absolute atomic E-state index is 0.194. The van der Waals surface area contributed by atoms with E-state index in [9.17, 15) is 0 Å². The minimum Gasteiger partial charge on any atom is -0.493 e. The summed E-state index contributed by atoms with van der Waals surface area (Å²) in [6.07, 6.45) is 2.26. The SMILES string of the molecule is COc1cccc(CC(N)c2ccco2)c1OC. The molecule has 0 aliphatic rings. The van der Waals surface area contributed by atoms with Crippen molar-refractivity contribution in [2.75, 3.05) is 14.2 Å². The zero-order valence-electron chi connectivity index (χ0n) is 10.6. The summed E-state index contributed by atoms with van der Waals surface area (Å²) in [5.74, 6) is 2.20. The van der Waals surface area contributed by atoms with Crippen LogP contribution in [0.4, 0.5) is 0 Å². The first-order valence-electron chi connectivity index (χ1n) is 5.75. The molecule has 4 nitrogen and oxygen atoms in total. The summed E-state index contributed by atoms with van der Waals surface area (Å²) in [6.45, 7) is 0. The highest BCUT2D eigenvalue weighted by atomic mass is 16.5. The van der Waals surface area contributed by atoms with E-state index in [-0.39, 0.29) is 6.04 Å². The van der Waals surface area contributed by atoms with Crippen LogP contribution in [0.2, 0.25) is 0 Å². The highest BCUT2D eigenvalue weighted by Crippen LogP contribution is 2.32. The molecule has 1 heterocycles. The Labute approximate surface area is 106 Å². The first kappa shape index (κ1) is 12.5. The van der Waals surface area contributed by atoms with Crippen LogP contribution in [0.3, 0.4) is 0 Å². The fraction of sp³-hybridized carbons (Fsp3) is 0.286. The van der Waals surface area contributed by atoms with Crippen LogP contribution in [0.25, 0.3) is 0 Å². The molecule has 2 N–H and O–H groups in total. The molecule has 0 aliphatic heterocycles. The largest absolute Gasteiger partial charge is 0.493 e. The van der Waals surface area contributed by atoms with E-state index < -0.39 is 0 Å². The zero-order chi connectivity index (χ0) is 13.0. The number of rotatable bonds is 5. The number of ether oxygens (including phenoxy) is 2. The molecular weight excluding hydrogens is 230 g/mol. The maximum Gasteiger partial charge on any atom is 0.163 e. The Morgan fingerprint density at radius 2 is 2.00 bits per heavy atom. The van der Waals surface area contributed by atoms with Gasteiger partial charge in [0.2, 0.25) is 0 Å². The fourth-order valence-electron chi connectivity index (χ4n) is 1.95. The van der Waals surface area contributed by atoms with Crippen LogP contribution in [0, 0.1) is 0 Å². The Hall–Kier alpha value is -1.94. The van der Waals surface area contributed by atoms with Gasteiger partial charge in [-0.15, -0.1) is 0 Å². The molecule has 18 heavy (non-hydrogen) atoms. The summed E-state index contributed by atoms with van der Waals surface area (Å²) in [7, 11) is 3.24. The summed E-state index contributed by atoms with van der Waals surface area (Å²) in [5.41, 5.74) is 7.10. The number of benzene rings is 1. The highest BCUT2D eigenvalue weighted by Gasteiger charge is 2.15. The lowest BCUT2D eigenvalue weighted by Crippen LogP contribution is -2.13. The number of nitrogens with two attached hydrogens (primary N) is 1. The van der Waals surface area contributed by atoms with Gasteiger partial charge in [0.05, 0.1) is 26.5 Å². The normalized spacial score (nSPS) is 12.2. The van der Waals surface area contributed by atoms with Crippen LogP contribution < -0.4 is 15.2 Å². The van der Waals surface area contributed by atoms with Crippen molar-refractivity contribution < 1.29 is 13.9 Å². The van der Waals surface area contributed by atoms with Crippen molar-refractivity contribution in [1.82, 2.24) is 0 Å². The standard InChI is InChI=1S/C14H17NO3/c1-16-13-6-3-5-10(14(13)17-2)9-11(15)12-7-4-8-18-12/h3-8,11H,9,15H2,1-2H3. The molecule has 1 atom stereocenters. The van der Waals surface area contributed by atoms with Crippen molar-refractivity contribution in [3.63, 3.8) is 0 Å². The van der Waals surface area contributed by atoms with Crippen molar-refractivity contribution in [3.8, 4) is 11.5 Å². The van der Waals surface area contributed by atoms with E-state index in [4.69, 9.17) is 19.6 Å². The smallest absolute Gasteiger partial charge is 0.163 e. The lowest BCUT2D eigenvalue weighted by atomic mass is 10.0. The van der Waals surface area contributed by atoms with Gasteiger partial charge in [-0.05, 0) is 30.2 Å². The van der Waals surface area contributed by atoms with Crippen molar-refractivity contribution in [1.29, 1.82) is 0 Å². The first-order chi connectivity index (χ1) is 8.76. The second kappa shape index (κ2) is 5.60. The van der Waals surface area contributed by atoms with Gasteiger partial charge >= 0.3 is 0 Å². The number of hydrogen-bond donors (Lipinski definition) is 1. The van der Waals surface area contributed by atoms with Crippen LogP contribution in [-0.2, 0) is 6.42 Å². The van der Waals surface area contributed by atoms with Crippen LogP contribution in [-0.4, -0.2) is 14.2 Å². The van der Waals surface area contributed by atoms with E-state index in [0.717, 1.165) is 17.1 Å². The predicted octanol–water partition coefficient (Wildman–Crippen LogP) is 2.54. The Morgan fingerprint density at radius 1 is 1.17 bits per heavy atom. The van der Waals surface area contributed by atoms with Gasteiger partial charge in [-0.1, -0.05) is 12.1 Å². The number of methoxy groups -OCH3 is 2. The average molecular weight is 247 g/mol. The summed E-state index contributed by atoms with van der Waals surface area (Å²) in [4.78, 5) is 0. The average Bonchev–Trinajstić information content (AvgIpc) is 2.92. The van der Waals surface area contributed by atoms with E-state index in [1.807, 2.05) is 30.3 Å². The van der Waals surface area contributed by atoms with Crippen molar-refractivity contribution in [2.24, 2.45) is 5.73 Å². The molecule has 0 saturated carbocycles. The Bertz CT molecular complexity index is 494. The molecule has 1 unspecified atom stereocenters. The molecule has 4 heteroatoms. The maximum atomic E-state index is 6.10. The number of hydrogen-bond acceptors (Lipinski definition) is 4. The summed E-state index contributed by atoms with van der Waals surface area (Å²) >= 11 is 0. The molecule has 0 amide bonds. The number of furan rings is 1. The third kappa shape index (κ3) is 2.49. The molecule has 2 rings (SSSR count). The zero-order valence-corrected chi connectivity index (χ0v) is 10.6. The van der Waals surface area contributed by atoms with Gasteiger partial charge in [0.1, 0.15) is 5.76 Å². The van der Waals surface area contributed by atoms with Gasteiger partial charge in [-0.2, -0.15) is 0 Å². The van der Waals surface area contributed by atoms with Gasteiger partial charge in [0.25, 0.3) is 0 Å². The topological polar surface area (TPSA) is 57.6 Å². The van der Waals surface area contributed by atoms with E-state index in [0.29, 0.717) is 12.2 Å². The number of para-hydroxylation sites is 1. The molecule has 1 aromatic carbocycles. The molecule has 1 aromatic heterocycles. The molecular formula is C14H17NO3. The molecule has 0 radical (unpaired) electrons. The first-order valence-corrected chi connectivity index (χ1v) is 5.75. The van der Waals surface area contributed by atoms with Gasteiger partial charge in [0, 0.05) is 0 Å². The van der Waals surface area contributed by atoms with E-state index in [2.05, 4.69) is 0 Å². The molecule has 0 spiro atoms. The van der Waals surface area contributed by atoms with Crippen LogP contribution in [0.5, 0.6) is 11.5 Å². The second-order valence-electron chi connectivity index (χ2n) is 3.98. The third-order valence-electron chi connectivity index (χ3n) is 2.83. The minimum atomic E-state index is -0.194. The van der Waals surface area contributed by atoms with Crippen molar-refractivity contribution >= 4 is 0 Å². The Kier molecular flexibility index (Phi) is 3.89. The van der Waals surface area contributed by atoms with Crippen molar-refractivity contribution in [3.05, 3.63) is 47.9 Å². The summed E-state index contributed by atoms with van der Waals surface area (Å²) in [5, 5.41) is 0.